The van der Waals surface area contributed by atoms with Crippen molar-refractivity contribution in [3.05, 3.63) is 29.3 Å². The molecule has 6 heteroatoms. The third-order valence-electron chi connectivity index (χ3n) is 3.30. The quantitative estimate of drug-likeness (QED) is 0.804. The second-order valence-electron chi connectivity index (χ2n) is 4.77. The van der Waals surface area contributed by atoms with Crippen LogP contribution in [-0.4, -0.2) is 38.5 Å². The predicted molar refractivity (Wildman–Crippen MR) is 74.9 cm³/mol. The number of rotatable bonds is 3. The van der Waals surface area contributed by atoms with Crippen molar-refractivity contribution in [2.45, 2.75) is 30.7 Å². The summed E-state index contributed by atoms with van der Waals surface area (Å²) in [5, 5.41) is 0. The van der Waals surface area contributed by atoms with Gasteiger partial charge in [-0.25, -0.2) is 8.42 Å². The van der Waals surface area contributed by atoms with Gasteiger partial charge in [0.1, 0.15) is 0 Å². The number of nitrogens with zero attached hydrogens (tertiary/aromatic N) is 1. The molecule has 1 aromatic rings. The number of aryl methyl sites for hydroxylation is 1. The lowest BCUT2D eigenvalue weighted by molar-refractivity contribution is 0.0392. The molecular weight excluding hydrogens is 286 g/mol. The lowest BCUT2D eigenvalue weighted by atomic mass is 10.2. The lowest BCUT2D eigenvalue weighted by Gasteiger charge is -2.32. The molecule has 0 radical (unpaired) electrons. The van der Waals surface area contributed by atoms with E-state index in [1.54, 1.807) is 19.1 Å². The average molecular weight is 304 g/mol. The number of hydrogen-bond acceptors (Lipinski definition) is 3. The minimum absolute atomic E-state index is 0.141. The summed E-state index contributed by atoms with van der Waals surface area (Å²) in [4.78, 5) is 0.347. The van der Waals surface area contributed by atoms with Crippen molar-refractivity contribution in [1.82, 2.24) is 4.31 Å². The molecule has 0 spiro atoms. The summed E-state index contributed by atoms with van der Waals surface area (Å²) < 4.78 is 32.2. The van der Waals surface area contributed by atoms with Gasteiger partial charge in [0.25, 0.3) is 0 Å². The van der Waals surface area contributed by atoms with Crippen molar-refractivity contribution in [3.63, 3.8) is 0 Å². The standard InChI is InChI=1S/C13H18ClNO3S/c1-10-3-4-12(8-14)7-13(10)19(16,17)15-5-6-18-9-11(15)2/h3-4,7,11H,5-6,8-9H2,1-2H3. The number of halogens is 1. The normalized spacial score (nSPS) is 21.5. The summed E-state index contributed by atoms with van der Waals surface area (Å²) in [6, 6.07) is 5.18. The molecule has 1 heterocycles. The molecule has 106 valence electrons. The Balaban J connectivity index is 2.43. The molecule has 0 aromatic heterocycles. The highest BCUT2D eigenvalue weighted by Crippen LogP contribution is 2.24. The molecule has 0 saturated carbocycles. The second-order valence-corrected chi connectivity index (χ2v) is 6.90. The van der Waals surface area contributed by atoms with Gasteiger partial charge in [-0.2, -0.15) is 4.31 Å². The van der Waals surface area contributed by atoms with Gasteiger partial charge < -0.3 is 4.74 Å². The first kappa shape index (κ1) is 14.8. The Labute approximate surface area is 119 Å². The van der Waals surface area contributed by atoms with Crippen molar-refractivity contribution >= 4 is 21.6 Å². The van der Waals surface area contributed by atoms with Crippen LogP contribution in [0.15, 0.2) is 23.1 Å². The lowest BCUT2D eigenvalue weighted by Crippen LogP contribution is -2.47. The monoisotopic (exact) mass is 303 g/mol. The molecule has 0 bridgehead atoms. The molecular formula is C13H18ClNO3S. The van der Waals surface area contributed by atoms with Crippen LogP contribution < -0.4 is 0 Å². The Hall–Kier alpha value is -0.620. The fourth-order valence-electron chi connectivity index (χ4n) is 2.20. The molecule has 1 aliphatic heterocycles. The van der Waals surface area contributed by atoms with Crippen molar-refractivity contribution in [2.24, 2.45) is 0 Å². The first-order chi connectivity index (χ1) is 8.96. The summed E-state index contributed by atoms with van der Waals surface area (Å²) >= 11 is 5.79. The molecule has 1 aliphatic rings. The Bertz CT molecular complexity index is 559. The van der Waals surface area contributed by atoms with Gasteiger partial charge in [0.15, 0.2) is 0 Å². The molecule has 1 saturated heterocycles. The smallest absolute Gasteiger partial charge is 0.243 e. The highest BCUT2D eigenvalue weighted by atomic mass is 35.5. The summed E-state index contributed by atoms with van der Waals surface area (Å²) in [7, 11) is -3.48. The first-order valence-corrected chi connectivity index (χ1v) is 8.19. The van der Waals surface area contributed by atoms with E-state index in [1.807, 2.05) is 13.0 Å². The number of benzene rings is 1. The number of sulfonamides is 1. The Morgan fingerprint density at radius 2 is 2.21 bits per heavy atom. The van der Waals surface area contributed by atoms with Crippen molar-refractivity contribution in [3.8, 4) is 0 Å². The van der Waals surface area contributed by atoms with Crippen LogP contribution in [0.1, 0.15) is 18.1 Å². The number of hydrogen-bond donors (Lipinski definition) is 0. The molecule has 1 atom stereocenters. The van der Waals surface area contributed by atoms with Crippen LogP contribution in [0, 0.1) is 6.92 Å². The van der Waals surface area contributed by atoms with Gasteiger partial charge in [-0.3, -0.25) is 0 Å². The van der Waals surface area contributed by atoms with Crippen LogP contribution in [0.3, 0.4) is 0 Å². The van der Waals surface area contributed by atoms with E-state index in [-0.39, 0.29) is 6.04 Å². The van der Waals surface area contributed by atoms with Crippen LogP contribution >= 0.6 is 11.6 Å². The number of alkyl halides is 1. The number of ether oxygens (including phenoxy) is 1. The summed E-state index contributed by atoms with van der Waals surface area (Å²) in [5.41, 5.74) is 1.55. The van der Waals surface area contributed by atoms with Crippen molar-refractivity contribution in [2.75, 3.05) is 19.8 Å². The van der Waals surface area contributed by atoms with Gasteiger partial charge >= 0.3 is 0 Å². The molecule has 1 aromatic carbocycles. The summed E-state index contributed by atoms with van der Waals surface area (Å²) in [6.07, 6.45) is 0. The Morgan fingerprint density at radius 1 is 1.47 bits per heavy atom. The topological polar surface area (TPSA) is 46.6 Å². The van der Waals surface area contributed by atoms with E-state index in [4.69, 9.17) is 16.3 Å². The maximum Gasteiger partial charge on any atom is 0.243 e. The molecule has 0 amide bonds. The largest absolute Gasteiger partial charge is 0.378 e. The molecule has 2 rings (SSSR count). The van der Waals surface area contributed by atoms with E-state index in [0.717, 1.165) is 11.1 Å². The van der Waals surface area contributed by atoms with E-state index in [1.165, 1.54) is 4.31 Å². The van der Waals surface area contributed by atoms with E-state index < -0.39 is 10.0 Å². The molecule has 0 aliphatic carbocycles. The van der Waals surface area contributed by atoms with E-state index in [0.29, 0.717) is 30.5 Å². The maximum atomic E-state index is 12.7. The van der Waals surface area contributed by atoms with Crippen LogP contribution in [0.4, 0.5) is 0 Å². The second kappa shape index (κ2) is 5.79. The minimum atomic E-state index is -3.48. The van der Waals surface area contributed by atoms with E-state index in [2.05, 4.69) is 0 Å². The van der Waals surface area contributed by atoms with Gasteiger partial charge in [0.2, 0.25) is 10.0 Å². The minimum Gasteiger partial charge on any atom is -0.378 e. The molecule has 19 heavy (non-hydrogen) atoms. The maximum absolute atomic E-state index is 12.7. The third kappa shape index (κ3) is 2.94. The fraction of sp³-hybridized carbons (Fsp3) is 0.538. The van der Waals surface area contributed by atoms with Gasteiger partial charge in [-0.1, -0.05) is 12.1 Å². The van der Waals surface area contributed by atoms with Crippen LogP contribution in [0.25, 0.3) is 0 Å². The zero-order valence-electron chi connectivity index (χ0n) is 11.1. The van der Waals surface area contributed by atoms with Gasteiger partial charge in [-0.05, 0) is 31.0 Å². The Morgan fingerprint density at radius 3 is 2.84 bits per heavy atom. The summed E-state index contributed by atoms with van der Waals surface area (Å²) in [6.45, 7) is 4.94. The average Bonchev–Trinajstić information content (AvgIpc) is 2.39. The Kier molecular flexibility index (Phi) is 4.50. The molecule has 0 N–H and O–H groups in total. The van der Waals surface area contributed by atoms with Crippen LogP contribution in [-0.2, 0) is 20.6 Å². The van der Waals surface area contributed by atoms with Crippen LogP contribution in [0.5, 0.6) is 0 Å². The fourth-order valence-corrected chi connectivity index (χ4v) is 4.24. The van der Waals surface area contributed by atoms with E-state index >= 15 is 0 Å². The molecule has 1 unspecified atom stereocenters. The zero-order valence-corrected chi connectivity index (χ0v) is 12.7. The van der Waals surface area contributed by atoms with Crippen molar-refractivity contribution in [1.29, 1.82) is 0 Å². The van der Waals surface area contributed by atoms with Crippen LogP contribution in [0.2, 0.25) is 0 Å². The number of morpholine rings is 1. The van der Waals surface area contributed by atoms with E-state index in [9.17, 15) is 8.42 Å². The predicted octanol–water partition coefficient (Wildman–Crippen LogP) is 2.14. The van der Waals surface area contributed by atoms with Crippen molar-refractivity contribution < 1.29 is 13.2 Å². The highest BCUT2D eigenvalue weighted by Gasteiger charge is 2.32. The molecule has 4 nitrogen and oxygen atoms in total. The molecule has 1 fully saturated rings. The SMILES string of the molecule is Cc1ccc(CCl)cc1S(=O)(=O)N1CCOCC1C. The first-order valence-electron chi connectivity index (χ1n) is 6.22. The zero-order chi connectivity index (χ0) is 14.0. The third-order valence-corrected chi connectivity index (χ3v) is 5.76. The van der Waals surface area contributed by atoms with Gasteiger partial charge in [0.05, 0.1) is 18.1 Å². The van der Waals surface area contributed by atoms with Gasteiger partial charge in [-0.15, -0.1) is 11.6 Å². The highest BCUT2D eigenvalue weighted by molar-refractivity contribution is 7.89. The van der Waals surface area contributed by atoms with Gasteiger partial charge in [0, 0.05) is 18.5 Å². The summed E-state index contributed by atoms with van der Waals surface area (Å²) in [5.74, 6) is 0.307.